The molecule has 0 aromatic carbocycles. The van der Waals surface area contributed by atoms with Gasteiger partial charge in [-0.3, -0.25) is 0 Å². The van der Waals surface area contributed by atoms with Crippen LogP contribution < -0.4 is 4.74 Å². The molecule has 1 saturated carbocycles. The van der Waals surface area contributed by atoms with E-state index in [0.717, 1.165) is 5.56 Å². The lowest BCUT2D eigenvalue weighted by Crippen LogP contribution is -2.06. The van der Waals surface area contributed by atoms with Gasteiger partial charge in [0, 0.05) is 18.7 Å². The molecule has 0 saturated heterocycles. The summed E-state index contributed by atoms with van der Waals surface area (Å²) in [5.41, 5.74) is 1.01. The highest BCUT2D eigenvalue weighted by molar-refractivity contribution is 5.18. The summed E-state index contributed by atoms with van der Waals surface area (Å²) in [6.45, 7) is 1.96. The Hall–Kier alpha value is -1.19. The summed E-state index contributed by atoms with van der Waals surface area (Å²) in [6.07, 6.45) is 1.55. The summed E-state index contributed by atoms with van der Waals surface area (Å²) in [4.78, 5) is 3.92. The average molecular weight is 199 g/mol. The van der Waals surface area contributed by atoms with Crippen LogP contribution in [0.25, 0.3) is 0 Å². The summed E-state index contributed by atoms with van der Waals surface area (Å²) >= 11 is 0. The number of ether oxygens (including phenoxy) is 1. The molecular formula is C10H11F2NO. The van der Waals surface area contributed by atoms with Crippen molar-refractivity contribution in [2.75, 3.05) is 6.61 Å². The molecule has 0 spiro atoms. The zero-order valence-electron chi connectivity index (χ0n) is 7.84. The van der Waals surface area contributed by atoms with Crippen molar-refractivity contribution in [1.29, 1.82) is 0 Å². The first-order chi connectivity index (χ1) is 6.58. The first-order valence-corrected chi connectivity index (χ1v) is 4.51. The van der Waals surface area contributed by atoms with E-state index < -0.39 is 11.8 Å². The highest BCUT2D eigenvalue weighted by Gasteiger charge is 2.57. The van der Waals surface area contributed by atoms with Crippen LogP contribution in [0.2, 0.25) is 0 Å². The van der Waals surface area contributed by atoms with E-state index in [-0.39, 0.29) is 13.0 Å². The number of nitrogens with zero attached hydrogens (tertiary/aromatic N) is 1. The van der Waals surface area contributed by atoms with Crippen LogP contribution in [0.5, 0.6) is 5.88 Å². The third kappa shape index (κ3) is 2.00. The van der Waals surface area contributed by atoms with E-state index in [0.29, 0.717) is 5.88 Å². The molecule has 1 aromatic rings. The van der Waals surface area contributed by atoms with Crippen molar-refractivity contribution < 1.29 is 13.5 Å². The second-order valence-electron chi connectivity index (χ2n) is 3.64. The van der Waals surface area contributed by atoms with Crippen molar-refractivity contribution in [2.45, 2.75) is 19.3 Å². The van der Waals surface area contributed by atoms with Crippen LogP contribution in [-0.4, -0.2) is 17.5 Å². The van der Waals surface area contributed by atoms with Crippen molar-refractivity contribution in [3.05, 3.63) is 23.9 Å². The molecule has 1 heterocycles. The van der Waals surface area contributed by atoms with Gasteiger partial charge >= 0.3 is 0 Å². The topological polar surface area (TPSA) is 22.1 Å². The van der Waals surface area contributed by atoms with Crippen molar-refractivity contribution in [1.82, 2.24) is 4.98 Å². The molecule has 0 N–H and O–H groups in total. The number of halogens is 2. The number of hydrogen-bond donors (Lipinski definition) is 0. The second kappa shape index (κ2) is 3.19. The molecule has 0 amide bonds. The summed E-state index contributed by atoms with van der Waals surface area (Å²) in [7, 11) is 0. The lowest BCUT2D eigenvalue weighted by Gasteiger charge is -2.04. The Kier molecular flexibility index (Phi) is 2.13. The Morgan fingerprint density at radius 1 is 1.64 bits per heavy atom. The average Bonchev–Trinajstić information content (AvgIpc) is 2.71. The molecular weight excluding hydrogens is 188 g/mol. The molecule has 2 rings (SSSR count). The summed E-state index contributed by atoms with van der Waals surface area (Å²) in [5.74, 6) is -2.71. The molecule has 0 bridgehead atoms. The summed E-state index contributed by atoms with van der Waals surface area (Å²) in [6, 6.07) is 3.57. The second-order valence-corrected chi connectivity index (χ2v) is 3.64. The van der Waals surface area contributed by atoms with Gasteiger partial charge in [0.1, 0.15) is 0 Å². The third-order valence-electron chi connectivity index (χ3n) is 2.28. The SMILES string of the molecule is Cc1ccnc(OCC2CC2(F)F)c1. The van der Waals surface area contributed by atoms with E-state index in [2.05, 4.69) is 4.98 Å². The molecule has 0 radical (unpaired) electrons. The summed E-state index contributed by atoms with van der Waals surface area (Å²) in [5, 5.41) is 0. The zero-order valence-corrected chi connectivity index (χ0v) is 7.84. The van der Waals surface area contributed by atoms with Crippen LogP contribution in [0.4, 0.5) is 8.78 Å². The van der Waals surface area contributed by atoms with E-state index >= 15 is 0 Å². The Morgan fingerprint density at radius 3 is 2.93 bits per heavy atom. The summed E-state index contributed by atoms with van der Waals surface area (Å²) < 4.78 is 30.1. The number of hydrogen-bond acceptors (Lipinski definition) is 2. The quantitative estimate of drug-likeness (QED) is 0.745. The molecule has 1 atom stereocenters. The van der Waals surface area contributed by atoms with Gasteiger partial charge in [0.25, 0.3) is 5.92 Å². The van der Waals surface area contributed by atoms with Gasteiger partial charge in [0.2, 0.25) is 5.88 Å². The van der Waals surface area contributed by atoms with Crippen LogP contribution in [0.15, 0.2) is 18.3 Å². The monoisotopic (exact) mass is 199 g/mol. The maximum Gasteiger partial charge on any atom is 0.255 e. The van der Waals surface area contributed by atoms with Crippen LogP contribution in [-0.2, 0) is 0 Å². The molecule has 1 aromatic heterocycles. The van der Waals surface area contributed by atoms with Crippen molar-refractivity contribution in [3.63, 3.8) is 0 Å². The van der Waals surface area contributed by atoms with Gasteiger partial charge in [-0.2, -0.15) is 0 Å². The molecule has 1 aliphatic carbocycles. The molecule has 76 valence electrons. The molecule has 1 aliphatic rings. The molecule has 1 unspecified atom stereocenters. The number of alkyl halides is 2. The molecule has 2 nitrogen and oxygen atoms in total. The van der Waals surface area contributed by atoms with Crippen molar-refractivity contribution >= 4 is 0 Å². The predicted octanol–water partition coefficient (Wildman–Crippen LogP) is 2.42. The van der Waals surface area contributed by atoms with Gasteiger partial charge in [0.15, 0.2) is 0 Å². The minimum absolute atomic E-state index is 0.0567. The Morgan fingerprint density at radius 2 is 2.36 bits per heavy atom. The lowest BCUT2D eigenvalue weighted by atomic mass is 10.3. The van der Waals surface area contributed by atoms with Gasteiger partial charge in [-0.15, -0.1) is 0 Å². The fourth-order valence-corrected chi connectivity index (χ4v) is 1.22. The normalized spacial score (nSPS) is 23.2. The minimum Gasteiger partial charge on any atom is -0.477 e. The third-order valence-corrected chi connectivity index (χ3v) is 2.28. The van der Waals surface area contributed by atoms with Crippen molar-refractivity contribution in [3.8, 4) is 5.88 Å². The molecule has 14 heavy (non-hydrogen) atoms. The Labute approximate surface area is 80.9 Å². The number of pyridine rings is 1. The molecule has 4 heteroatoms. The largest absolute Gasteiger partial charge is 0.477 e. The fourth-order valence-electron chi connectivity index (χ4n) is 1.22. The first kappa shape index (κ1) is 9.37. The van der Waals surface area contributed by atoms with Gasteiger partial charge in [-0.25, -0.2) is 13.8 Å². The maximum atomic E-state index is 12.5. The van der Waals surface area contributed by atoms with Crippen LogP contribution in [0, 0.1) is 12.8 Å². The van der Waals surface area contributed by atoms with Crippen molar-refractivity contribution in [2.24, 2.45) is 5.92 Å². The van der Waals surface area contributed by atoms with E-state index in [1.165, 1.54) is 0 Å². The number of rotatable bonds is 3. The van der Waals surface area contributed by atoms with Crippen LogP contribution in [0.1, 0.15) is 12.0 Å². The van der Waals surface area contributed by atoms with E-state index in [1.54, 1.807) is 12.3 Å². The smallest absolute Gasteiger partial charge is 0.255 e. The van der Waals surface area contributed by atoms with E-state index in [1.807, 2.05) is 13.0 Å². The Bertz CT molecular complexity index is 341. The standard InChI is InChI=1S/C10H11F2NO/c1-7-2-3-13-9(4-7)14-6-8-5-10(8,11)12/h2-4,8H,5-6H2,1H3. The maximum absolute atomic E-state index is 12.5. The molecule has 0 aliphatic heterocycles. The van der Waals surface area contributed by atoms with Gasteiger partial charge in [-0.1, -0.05) is 0 Å². The first-order valence-electron chi connectivity index (χ1n) is 4.51. The highest BCUT2D eigenvalue weighted by atomic mass is 19.3. The van der Waals surface area contributed by atoms with Crippen LogP contribution in [0.3, 0.4) is 0 Å². The lowest BCUT2D eigenvalue weighted by molar-refractivity contribution is 0.0849. The number of aromatic nitrogens is 1. The van der Waals surface area contributed by atoms with E-state index in [9.17, 15) is 8.78 Å². The van der Waals surface area contributed by atoms with Gasteiger partial charge in [-0.05, 0) is 18.6 Å². The zero-order chi connectivity index (χ0) is 10.2. The highest BCUT2D eigenvalue weighted by Crippen LogP contribution is 2.48. The van der Waals surface area contributed by atoms with Crippen LogP contribution >= 0.6 is 0 Å². The number of aryl methyl sites for hydroxylation is 1. The predicted molar refractivity (Wildman–Crippen MR) is 47.5 cm³/mol. The van der Waals surface area contributed by atoms with Gasteiger partial charge in [0.05, 0.1) is 12.5 Å². The molecule has 1 fully saturated rings. The van der Waals surface area contributed by atoms with Gasteiger partial charge < -0.3 is 4.74 Å². The minimum atomic E-state index is -2.51. The Balaban J connectivity index is 1.87. The fraction of sp³-hybridized carbons (Fsp3) is 0.500. The van der Waals surface area contributed by atoms with E-state index in [4.69, 9.17) is 4.74 Å².